The molecule has 2 aromatic heterocycles. The molecule has 0 N–H and O–H groups in total. The summed E-state index contributed by atoms with van der Waals surface area (Å²) in [5.74, 6) is 0. The van der Waals surface area contributed by atoms with E-state index < -0.39 is 0 Å². The molecule has 0 amide bonds. The quantitative estimate of drug-likeness (QED) is 0.190. The molecular formula is C46H29NO2. The fraction of sp³-hybridized carbons (Fsp3) is 0. The zero-order valence-electron chi connectivity index (χ0n) is 26.5. The smallest absolute Gasteiger partial charge is 0.143 e. The van der Waals surface area contributed by atoms with Gasteiger partial charge in [-0.2, -0.15) is 0 Å². The molecule has 8 aromatic carbocycles. The van der Waals surface area contributed by atoms with E-state index in [1.807, 2.05) is 12.1 Å². The van der Waals surface area contributed by atoms with E-state index in [0.717, 1.165) is 66.7 Å². The zero-order chi connectivity index (χ0) is 32.3. The van der Waals surface area contributed by atoms with Gasteiger partial charge in [-0.05, 0) is 82.1 Å². The fourth-order valence-electron chi connectivity index (χ4n) is 7.32. The molecule has 0 atom stereocenters. The number of hydrogen-bond acceptors (Lipinski definition) is 3. The van der Waals surface area contributed by atoms with Gasteiger partial charge in [0.2, 0.25) is 0 Å². The lowest BCUT2D eigenvalue weighted by Crippen LogP contribution is -2.09. The summed E-state index contributed by atoms with van der Waals surface area (Å²) in [6.07, 6.45) is 0. The van der Waals surface area contributed by atoms with Gasteiger partial charge in [-0.3, -0.25) is 0 Å². The SMILES string of the molecule is c1ccc(-c2ccc(N(c3ccc(-c4cccc5c4oc4ccc6ccccc6c45)cc3)c3ccc4oc5ccccc5c4c3)cc2)cc1. The van der Waals surface area contributed by atoms with E-state index >= 15 is 0 Å². The van der Waals surface area contributed by atoms with Crippen molar-refractivity contribution in [2.75, 3.05) is 4.90 Å². The predicted molar refractivity (Wildman–Crippen MR) is 204 cm³/mol. The van der Waals surface area contributed by atoms with Crippen LogP contribution in [0.4, 0.5) is 17.1 Å². The van der Waals surface area contributed by atoms with E-state index in [-0.39, 0.29) is 0 Å². The Balaban J connectivity index is 1.10. The predicted octanol–water partition coefficient (Wildman–Crippen LogP) is 13.4. The van der Waals surface area contributed by atoms with Crippen molar-refractivity contribution in [3.05, 3.63) is 176 Å². The highest BCUT2D eigenvalue weighted by atomic mass is 16.3. The van der Waals surface area contributed by atoms with Crippen LogP contribution in [-0.2, 0) is 0 Å². The Morgan fingerprint density at radius 1 is 0.347 bits per heavy atom. The van der Waals surface area contributed by atoms with Gasteiger partial charge in [0.1, 0.15) is 22.3 Å². The second-order valence-corrected chi connectivity index (χ2v) is 12.5. The number of rotatable bonds is 5. The molecule has 0 radical (unpaired) electrons. The van der Waals surface area contributed by atoms with Gasteiger partial charge in [-0.15, -0.1) is 0 Å². The first kappa shape index (κ1) is 27.5. The van der Waals surface area contributed by atoms with Crippen molar-refractivity contribution in [2.24, 2.45) is 0 Å². The molecule has 2 heterocycles. The molecule has 0 aliphatic heterocycles. The molecule has 10 aromatic rings. The molecule has 0 unspecified atom stereocenters. The Kier molecular flexibility index (Phi) is 6.18. The van der Waals surface area contributed by atoms with Gasteiger partial charge in [-0.1, -0.05) is 121 Å². The monoisotopic (exact) mass is 627 g/mol. The van der Waals surface area contributed by atoms with E-state index in [0.29, 0.717) is 0 Å². The molecule has 3 nitrogen and oxygen atoms in total. The van der Waals surface area contributed by atoms with Gasteiger partial charge in [0, 0.05) is 44.2 Å². The minimum absolute atomic E-state index is 0.881. The van der Waals surface area contributed by atoms with Gasteiger partial charge in [-0.25, -0.2) is 0 Å². The molecule has 0 saturated heterocycles. The molecule has 3 heteroatoms. The minimum atomic E-state index is 0.881. The van der Waals surface area contributed by atoms with Gasteiger partial charge in [0.25, 0.3) is 0 Å². The number of fused-ring (bicyclic) bond motifs is 8. The van der Waals surface area contributed by atoms with Crippen molar-refractivity contribution in [2.45, 2.75) is 0 Å². The van der Waals surface area contributed by atoms with Crippen molar-refractivity contribution in [3.8, 4) is 22.3 Å². The third kappa shape index (κ3) is 4.51. The van der Waals surface area contributed by atoms with Crippen LogP contribution < -0.4 is 4.90 Å². The van der Waals surface area contributed by atoms with Crippen molar-refractivity contribution in [1.82, 2.24) is 0 Å². The highest BCUT2D eigenvalue weighted by Crippen LogP contribution is 2.42. The van der Waals surface area contributed by atoms with Crippen LogP contribution in [-0.4, -0.2) is 0 Å². The Morgan fingerprint density at radius 3 is 1.78 bits per heavy atom. The topological polar surface area (TPSA) is 29.5 Å². The number of para-hydroxylation sites is 2. The molecule has 49 heavy (non-hydrogen) atoms. The molecular weight excluding hydrogens is 599 g/mol. The fourth-order valence-corrected chi connectivity index (χ4v) is 7.32. The van der Waals surface area contributed by atoms with Crippen molar-refractivity contribution >= 4 is 71.7 Å². The van der Waals surface area contributed by atoms with Crippen LogP contribution >= 0.6 is 0 Å². The van der Waals surface area contributed by atoms with Crippen molar-refractivity contribution in [1.29, 1.82) is 0 Å². The number of furan rings is 2. The molecule has 10 rings (SSSR count). The summed E-state index contributed by atoms with van der Waals surface area (Å²) in [4.78, 5) is 2.31. The van der Waals surface area contributed by atoms with E-state index in [9.17, 15) is 0 Å². The zero-order valence-corrected chi connectivity index (χ0v) is 26.5. The molecule has 0 spiro atoms. The maximum absolute atomic E-state index is 6.56. The number of benzene rings is 8. The van der Waals surface area contributed by atoms with Crippen molar-refractivity contribution < 1.29 is 8.83 Å². The average Bonchev–Trinajstić information content (AvgIpc) is 3.75. The third-order valence-corrected chi connectivity index (χ3v) is 9.67. The highest BCUT2D eigenvalue weighted by Gasteiger charge is 2.18. The molecule has 0 aliphatic carbocycles. The highest BCUT2D eigenvalue weighted by molar-refractivity contribution is 6.20. The number of hydrogen-bond donors (Lipinski definition) is 0. The summed E-state index contributed by atoms with van der Waals surface area (Å²) < 4.78 is 12.7. The second kappa shape index (κ2) is 11.0. The van der Waals surface area contributed by atoms with Gasteiger partial charge < -0.3 is 13.7 Å². The van der Waals surface area contributed by atoms with Crippen LogP contribution in [0, 0.1) is 0 Å². The van der Waals surface area contributed by atoms with E-state index in [1.54, 1.807) is 0 Å². The van der Waals surface area contributed by atoms with Crippen LogP contribution in [0.5, 0.6) is 0 Å². The van der Waals surface area contributed by atoms with Gasteiger partial charge in [0.15, 0.2) is 0 Å². The van der Waals surface area contributed by atoms with Gasteiger partial charge in [0.05, 0.1) is 0 Å². The van der Waals surface area contributed by atoms with Crippen LogP contribution in [0.1, 0.15) is 0 Å². The summed E-state index contributed by atoms with van der Waals surface area (Å²) in [5, 5.41) is 6.93. The lowest BCUT2D eigenvalue weighted by Gasteiger charge is -2.26. The van der Waals surface area contributed by atoms with E-state index in [2.05, 4.69) is 169 Å². The standard InChI is InChI=1S/C46H29NO2/c1-2-9-30(10-3-1)31-17-22-34(23-18-31)47(36-26-28-43-41(29-36)39-13-6-7-16-42(39)48-43)35-24-19-33(20-25-35)38-14-8-15-40-45-37-12-5-4-11-32(37)21-27-44(45)49-46(38)40/h1-29H. The second-order valence-electron chi connectivity index (χ2n) is 12.5. The Hall–Kier alpha value is -6.58. The average molecular weight is 628 g/mol. The minimum Gasteiger partial charge on any atom is -0.456 e. The lowest BCUT2D eigenvalue weighted by atomic mass is 9.99. The summed E-state index contributed by atoms with van der Waals surface area (Å²) >= 11 is 0. The first-order valence-electron chi connectivity index (χ1n) is 16.6. The van der Waals surface area contributed by atoms with Crippen LogP contribution in [0.3, 0.4) is 0 Å². The Labute approximate surface area is 282 Å². The Bertz CT molecular complexity index is 2810. The first-order chi connectivity index (χ1) is 24.3. The van der Waals surface area contributed by atoms with Crippen molar-refractivity contribution in [3.63, 3.8) is 0 Å². The Morgan fingerprint density at radius 2 is 0.959 bits per heavy atom. The molecule has 230 valence electrons. The van der Waals surface area contributed by atoms with Crippen LogP contribution in [0.15, 0.2) is 185 Å². The molecule has 0 bridgehead atoms. The summed E-state index contributed by atoms with van der Waals surface area (Å²) in [7, 11) is 0. The summed E-state index contributed by atoms with van der Waals surface area (Å²) in [6, 6.07) is 62.0. The maximum atomic E-state index is 6.56. The molecule has 0 aliphatic rings. The largest absolute Gasteiger partial charge is 0.456 e. The van der Waals surface area contributed by atoms with Crippen LogP contribution in [0.2, 0.25) is 0 Å². The summed E-state index contributed by atoms with van der Waals surface area (Å²) in [5.41, 5.74) is 11.4. The molecule has 0 saturated carbocycles. The third-order valence-electron chi connectivity index (χ3n) is 9.67. The lowest BCUT2D eigenvalue weighted by molar-refractivity contribution is 0.669. The van der Waals surface area contributed by atoms with E-state index in [4.69, 9.17) is 8.83 Å². The first-order valence-corrected chi connectivity index (χ1v) is 16.6. The van der Waals surface area contributed by atoms with Gasteiger partial charge >= 0.3 is 0 Å². The maximum Gasteiger partial charge on any atom is 0.143 e. The summed E-state index contributed by atoms with van der Waals surface area (Å²) in [6.45, 7) is 0. The van der Waals surface area contributed by atoms with E-state index in [1.165, 1.54) is 27.3 Å². The number of nitrogens with zero attached hydrogens (tertiary/aromatic N) is 1. The molecule has 0 fully saturated rings. The van der Waals surface area contributed by atoms with Crippen LogP contribution in [0.25, 0.3) is 76.9 Å². The normalized spacial score (nSPS) is 11.7. The number of anilines is 3.